The maximum atomic E-state index is 14.0. The number of carbonyl (C=O) groups is 2. The second-order valence-corrected chi connectivity index (χ2v) is 5.35. The van der Waals surface area contributed by atoms with Crippen LogP contribution in [0.4, 0.5) is 14.9 Å². The van der Waals surface area contributed by atoms with Gasteiger partial charge in [0.05, 0.1) is 25.1 Å². The summed E-state index contributed by atoms with van der Waals surface area (Å²) in [6, 6.07) is 4.35. The third-order valence-electron chi connectivity index (χ3n) is 2.94. The Hall–Kier alpha value is -1.80. The van der Waals surface area contributed by atoms with E-state index in [1.807, 2.05) is 0 Å². The van der Waals surface area contributed by atoms with Gasteiger partial charge in [0.25, 0.3) is 0 Å². The monoisotopic (exact) mass is 314 g/mol. The van der Waals surface area contributed by atoms with Crippen LogP contribution in [0.3, 0.4) is 0 Å². The molecule has 1 aliphatic heterocycles. The summed E-state index contributed by atoms with van der Waals surface area (Å²) in [5.74, 6) is -0.920. The van der Waals surface area contributed by atoms with Crippen LogP contribution in [-0.4, -0.2) is 44.1 Å². The molecule has 0 bridgehead atoms. The minimum absolute atomic E-state index is 0.0216. The first-order chi connectivity index (χ1) is 10.0. The fourth-order valence-corrected chi connectivity index (χ4v) is 2.58. The number of rotatable bonds is 5. The van der Waals surface area contributed by atoms with Crippen LogP contribution >= 0.6 is 11.8 Å². The Bertz CT molecular complexity index is 555. The first-order valence-corrected chi connectivity index (χ1v) is 7.21. The molecule has 1 aromatic carbocycles. The highest BCUT2D eigenvalue weighted by atomic mass is 32.2. The maximum Gasteiger partial charge on any atom is 0.414 e. The predicted octanol–water partition coefficient (Wildman–Crippen LogP) is 1.37. The van der Waals surface area contributed by atoms with E-state index in [9.17, 15) is 14.0 Å². The van der Waals surface area contributed by atoms with Gasteiger partial charge in [-0.15, -0.1) is 11.8 Å². The molecule has 1 heterocycles. The highest BCUT2D eigenvalue weighted by molar-refractivity contribution is 8.00. The molecule has 2 N–H and O–H groups in total. The molecule has 1 aliphatic rings. The number of hydrogen-bond acceptors (Lipinski definition) is 6. The summed E-state index contributed by atoms with van der Waals surface area (Å²) in [4.78, 5) is 24.3. The number of carbonyl (C=O) groups excluding carboxylic acids is 2. The molecule has 8 heteroatoms. The number of cyclic esters (lactones) is 1. The average molecular weight is 314 g/mol. The standard InChI is InChI=1S/C13H15FN2O4S/c1-19-12(17)7-21-11-3-2-8(4-10(11)14)16-6-9(5-15)20-13(16)18/h2-4,9H,5-7,15H2,1H3/t9-/m0/s1. The zero-order valence-corrected chi connectivity index (χ0v) is 12.2. The van der Waals surface area contributed by atoms with Gasteiger partial charge < -0.3 is 15.2 Å². The van der Waals surface area contributed by atoms with E-state index in [0.717, 1.165) is 11.8 Å². The van der Waals surface area contributed by atoms with Crippen molar-refractivity contribution in [2.45, 2.75) is 11.0 Å². The summed E-state index contributed by atoms with van der Waals surface area (Å²) in [6.45, 7) is 0.515. The first kappa shape index (κ1) is 15.6. The van der Waals surface area contributed by atoms with Crippen LogP contribution in [0.5, 0.6) is 0 Å². The minimum Gasteiger partial charge on any atom is -0.468 e. The number of thioether (sulfide) groups is 1. The van der Waals surface area contributed by atoms with Crippen LogP contribution in [0, 0.1) is 5.82 Å². The summed E-state index contributed by atoms with van der Waals surface area (Å²) >= 11 is 1.03. The van der Waals surface area contributed by atoms with Crippen LogP contribution in [0.15, 0.2) is 23.1 Å². The second kappa shape index (κ2) is 6.77. The fraction of sp³-hybridized carbons (Fsp3) is 0.385. The van der Waals surface area contributed by atoms with Crippen LogP contribution in [-0.2, 0) is 14.3 Å². The van der Waals surface area contributed by atoms with Crippen LogP contribution < -0.4 is 10.6 Å². The zero-order valence-electron chi connectivity index (χ0n) is 11.4. The highest BCUT2D eigenvalue weighted by Crippen LogP contribution is 2.28. The van der Waals surface area contributed by atoms with Gasteiger partial charge in [-0.1, -0.05) is 0 Å². The van der Waals surface area contributed by atoms with Gasteiger partial charge >= 0.3 is 12.1 Å². The molecule has 6 nitrogen and oxygen atoms in total. The summed E-state index contributed by atoms with van der Waals surface area (Å²) < 4.78 is 23.5. The number of anilines is 1. The summed E-state index contributed by atoms with van der Waals surface area (Å²) in [5.41, 5.74) is 5.85. The first-order valence-electron chi connectivity index (χ1n) is 6.22. The number of methoxy groups -OCH3 is 1. The molecule has 114 valence electrons. The van der Waals surface area contributed by atoms with Crippen molar-refractivity contribution in [2.75, 3.05) is 30.9 Å². The van der Waals surface area contributed by atoms with E-state index in [2.05, 4.69) is 4.74 Å². The van der Waals surface area contributed by atoms with Crippen LogP contribution in [0.25, 0.3) is 0 Å². The van der Waals surface area contributed by atoms with E-state index in [1.54, 1.807) is 6.07 Å². The summed E-state index contributed by atoms with van der Waals surface area (Å²) in [7, 11) is 1.27. The Morgan fingerprint density at radius 1 is 1.62 bits per heavy atom. The quantitative estimate of drug-likeness (QED) is 0.653. The van der Waals surface area contributed by atoms with Gasteiger partial charge in [-0.25, -0.2) is 9.18 Å². The van der Waals surface area contributed by atoms with Crippen molar-refractivity contribution in [2.24, 2.45) is 5.73 Å². The molecular weight excluding hydrogens is 299 g/mol. The van der Waals surface area contributed by atoms with Gasteiger partial charge in [0.15, 0.2) is 0 Å². The molecule has 0 aliphatic carbocycles. The van der Waals surface area contributed by atoms with E-state index >= 15 is 0 Å². The second-order valence-electron chi connectivity index (χ2n) is 4.33. The molecule has 21 heavy (non-hydrogen) atoms. The van der Waals surface area contributed by atoms with E-state index < -0.39 is 17.9 Å². The molecular formula is C13H15FN2O4S. The van der Waals surface area contributed by atoms with E-state index in [-0.39, 0.29) is 18.4 Å². The van der Waals surface area contributed by atoms with E-state index in [4.69, 9.17) is 10.5 Å². The lowest BCUT2D eigenvalue weighted by Crippen LogP contribution is -2.27. The highest BCUT2D eigenvalue weighted by Gasteiger charge is 2.31. The molecule has 2 rings (SSSR count). The third-order valence-corrected chi connectivity index (χ3v) is 3.96. The topological polar surface area (TPSA) is 81.9 Å². The number of nitrogens with zero attached hydrogens (tertiary/aromatic N) is 1. The smallest absolute Gasteiger partial charge is 0.414 e. The van der Waals surface area contributed by atoms with Crippen molar-refractivity contribution in [1.29, 1.82) is 0 Å². The zero-order chi connectivity index (χ0) is 15.4. The number of halogens is 1. The number of ether oxygens (including phenoxy) is 2. The average Bonchev–Trinajstić information content (AvgIpc) is 2.86. The van der Waals surface area contributed by atoms with Crippen LogP contribution in [0.2, 0.25) is 0 Å². The Kier molecular flexibility index (Phi) is 5.03. The molecule has 1 saturated heterocycles. The Balaban J connectivity index is 2.08. The van der Waals surface area contributed by atoms with Crippen molar-refractivity contribution < 1.29 is 23.5 Å². The van der Waals surface area contributed by atoms with Crippen LogP contribution in [0.1, 0.15) is 0 Å². The molecule has 0 saturated carbocycles. The number of nitrogens with two attached hydrogens (primary N) is 1. The Labute approximate surface area is 125 Å². The summed E-state index contributed by atoms with van der Waals surface area (Å²) in [5, 5.41) is 0. The third kappa shape index (κ3) is 3.64. The number of hydrogen-bond donors (Lipinski definition) is 1. The van der Waals surface area contributed by atoms with Crippen molar-refractivity contribution in [3.63, 3.8) is 0 Å². The number of esters is 1. The van der Waals surface area contributed by atoms with Gasteiger partial charge in [-0.2, -0.15) is 0 Å². The van der Waals surface area contributed by atoms with Gasteiger partial charge in [0.2, 0.25) is 0 Å². The normalized spacial score (nSPS) is 17.8. The van der Waals surface area contributed by atoms with Gasteiger partial charge in [-0.05, 0) is 18.2 Å². The number of amides is 1. The molecule has 0 radical (unpaired) electrons. The largest absolute Gasteiger partial charge is 0.468 e. The van der Waals surface area contributed by atoms with Gasteiger partial charge in [0.1, 0.15) is 11.9 Å². The van der Waals surface area contributed by atoms with Crippen molar-refractivity contribution in [3.05, 3.63) is 24.0 Å². The molecule has 1 atom stereocenters. The molecule has 1 fully saturated rings. The van der Waals surface area contributed by atoms with E-state index in [0.29, 0.717) is 17.1 Å². The fourth-order valence-electron chi connectivity index (χ4n) is 1.83. The molecule has 0 spiro atoms. The molecule has 1 aromatic rings. The maximum absolute atomic E-state index is 14.0. The lowest BCUT2D eigenvalue weighted by Gasteiger charge is -2.14. The predicted molar refractivity (Wildman–Crippen MR) is 75.8 cm³/mol. The number of benzene rings is 1. The SMILES string of the molecule is COC(=O)CSc1ccc(N2C[C@H](CN)OC2=O)cc1F. The van der Waals surface area contributed by atoms with Gasteiger partial charge in [0, 0.05) is 11.4 Å². The Morgan fingerprint density at radius 3 is 2.95 bits per heavy atom. The van der Waals surface area contributed by atoms with E-state index in [1.165, 1.54) is 24.1 Å². The lowest BCUT2D eigenvalue weighted by molar-refractivity contribution is -0.137. The Morgan fingerprint density at radius 2 is 2.38 bits per heavy atom. The van der Waals surface area contributed by atoms with Crippen molar-refractivity contribution in [1.82, 2.24) is 0 Å². The molecule has 1 amide bonds. The van der Waals surface area contributed by atoms with Crippen molar-refractivity contribution >= 4 is 29.5 Å². The molecule has 0 unspecified atom stereocenters. The summed E-state index contributed by atoms with van der Waals surface area (Å²) in [6.07, 6.45) is -0.922. The lowest BCUT2D eigenvalue weighted by atomic mass is 10.2. The van der Waals surface area contributed by atoms with Crippen molar-refractivity contribution in [3.8, 4) is 0 Å². The minimum atomic E-state index is -0.542. The van der Waals surface area contributed by atoms with Gasteiger partial charge in [-0.3, -0.25) is 9.69 Å². The molecule has 0 aromatic heterocycles.